The van der Waals surface area contributed by atoms with Crippen LogP contribution in [-0.4, -0.2) is 43.1 Å². The van der Waals surface area contributed by atoms with Crippen LogP contribution in [0.2, 0.25) is 0 Å². The van der Waals surface area contributed by atoms with Crippen molar-refractivity contribution >= 4 is 18.3 Å². The molecule has 0 aliphatic carbocycles. The third-order valence-electron chi connectivity index (χ3n) is 4.22. The molecule has 0 bridgehead atoms. The molecule has 1 aromatic carbocycles. The minimum Gasteiger partial charge on any atom is -0.491 e. The largest absolute Gasteiger partial charge is 0.491 e. The van der Waals surface area contributed by atoms with Gasteiger partial charge in [-0.05, 0) is 50.9 Å². The van der Waals surface area contributed by atoms with E-state index in [-0.39, 0.29) is 30.7 Å². The molecule has 4 nitrogen and oxygen atoms in total. The van der Waals surface area contributed by atoms with Crippen LogP contribution in [0.15, 0.2) is 18.2 Å². The Kier molecular flexibility index (Phi) is 9.75. The zero-order valence-electron chi connectivity index (χ0n) is 14.6. The number of hydrogen-bond donors (Lipinski definition) is 1. The summed E-state index contributed by atoms with van der Waals surface area (Å²) in [5.41, 5.74) is 0. The Labute approximate surface area is 154 Å². The van der Waals surface area contributed by atoms with Gasteiger partial charge in [0.05, 0.1) is 6.61 Å². The van der Waals surface area contributed by atoms with E-state index in [1.165, 1.54) is 6.07 Å². The van der Waals surface area contributed by atoms with Crippen molar-refractivity contribution in [2.45, 2.75) is 45.1 Å². The van der Waals surface area contributed by atoms with E-state index in [4.69, 9.17) is 4.74 Å². The third-order valence-corrected chi connectivity index (χ3v) is 4.22. The van der Waals surface area contributed by atoms with Crippen molar-refractivity contribution in [1.29, 1.82) is 0 Å². The number of rotatable bonds is 8. The maximum absolute atomic E-state index is 13.5. The molecule has 25 heavy (non-hydrogen) atoms. The molecular weight excluding hydrogens is 350 g/mol. The molecule has 142 valence electrons. The van der Waals surface area contributed by atoms with Crippen molar-refractivity contribution < 1.29 is 18.3 Å². The van der Waals surface area contributed by atoms with Crippen molar-refractivity contribution in [2.24, 2.45) is 0 Å². The molecule has 0 aromatic heterocycles. The Morgan fingerprint density at radius 2 is 2.04 bits per heavy atom. The van der Waals surface area contributed by atoms with Crippen molar-refractivity contribution in [3.8, 4) is 5.75 Å². The predicted molar refractivity (Wildman–Crippen MR) is 96.2 cm³/mol. The highest BCUT2D eigenvalue weighted by atomic mass is 35.5. The Morgan fingerprint density at radius 3 is 2.68 bits per heavy atom. The first-order chi connectivity index (χ1) is 11.6. The second-order valence-electron chi connectivity index (χ2n) is 6.10. The van der Waals surface area contributed by atoms with Gasteiger partial charge < -0.3 is 15.0 Å². The van der Waals surface area contributed by atoms with E-state index in [0.717, 1.165) is 51.0 Å². The molecule has 1 fully saturated rings. The highest BCUT2D eigenvalue weighted by Gasteiger charge is 2.24. The molecule has 0 radical (unpaired) electrons. The van der Waals surface area contributed by atoms with Crippen molar-refractivity contribution in [3.63, 3.8) is 0 Å². The topological polar surface area (TPSA) is 41.6 Å². The third kappa shape index (κ3) is 6.78. The second-order valence-corrected chi connectivity index (χ2v) is 6.10. The van der Waals surface area contributed by atoms with Gasteiger partial charge in [-0.15, -0.1) is 12.4 Å². The summed E-state index contributed by atoms with van der Waals surface area (Å²) in [6.07, 6.45) is 3.81. The van der Waals surface area contributed by atoms with E-state index in [0.29, 0.717) is 18.9 Å². The number of hydrogen-bond acceptors (Lipinski definition) is 3. The summed E-state index contributed by atoms with van der Waals surface area (Å²) in [6.45, 7) is 4.98. The predicted octanol–water partition coefficient (Wildman–Crippen LogP) is 3.54. The van der Waals surface area contributed by atoms with Gasteiger partial charge in [-0.2, -0.15) is 0 Å². The van der Waals surface area contributed by atoms with E-state index in [1.807, 2.05) is 4.90 Å². The number of carbonyl (C=O) groups is 1. The number of nitrogens with zero attached hydrogens (tertiary/aromatic N) is 1. The van der Waals surface area contributed by atoms with Gasteiger partial charge in [0, 0.05) is 25.1 Å². The molecule has 1 amide bonds. The number of nitrogens with one attached hydrogen (secondary N) is 1. The summed E-state index contributed by atoms with van der Waals surface area (Å²) in [7, 11) is 0. The number of ether oxygens (including phenoxy) is 1. The fraction of sp³-hybridized carbons (Fsp3) is 0.611. The van der Waals surface area contributed by atoms with E-state index in [2.05, 4.69) is 12.2 Å². The van der Waals surface area contributed by atoms with Gasteiger partial charge in [-0.3, -0.25) is 4.79 Å². The molecule has 1 aliphatic heterocycles. The first kappa shape index (κ1) is 21.6. The summed E-state index contributed by atoms with van der Waals surface area (Å²) in [5.74, 6) is -1.20. The van der Waals surface area contributed by atoms with E-state index in [1.54, 1.807) is 0 Å². The molecule has 1 heterocycles. The molecular formula is C18H27ClF2N2O2. The summed E-state index contributed by atoms with van der Waals surface area (Å²) < 4.78 is 31.6. The molecule has 0 spiro atoms. The second kappa shape index (κ2) is 11.3. The molecule has 7 heteroatoms. The lowest BCUT2D eigenvalue weighted by Gasteiger charge is -2.34. The minimum absolute atomic E-state index is 0. The van der Waals surface area contributed by atoms with Gasteiger partial charge in [0.15, 0.2) is 11.6 Å². The van der Waals surface area contributed by atoms with Gasteiger partial charge >= 0.3 is 0 Å². The normalized spacial score (nSPS) is 14.7. The highest BCUT2D eigenvalue weighted by Crippen LogP contribution is 2.18. The first-order valence-corrected chi connectivity index (χ1v) is 8.70. The average molecular weight is 377 g/mol. The number of piperidine rings is 1. The number of halogens is 3. The monoisotopic (exact) mass is 376 g/mol. The Hall–Kier alpha value is -1.40. The maximum Gasteiger partial charge on any atom is 0.222 e. The van der Waals surface area contributed by atoms with E-state index < -0.39 is 11.6 Å². The van der Waals surface area contributed by atoms with Crippen LogP contribution in [0, 0.1) is 11.6 Å². The quantitative estimate of drug-likeness (QED) is 0.705. The zero-order valence-corrected chi connectivity index (χ0v) is 15.4. The molecule has 0 atom stereocenters. The fourth-order valence-electron chi connectivity index (χ4n) is 3.01. The minimum atomic E-state index is -0.719. The van der Waals surface area contributed by atoms with Gasteiger partial charge in [0.25, 0.3) is 0 Å². The lowest BCUT2D eigenvalue weighted by molar-refractivity contribution is -0.134. The molecule has 1 N–H and O–H groups in total. The Bertz CT molecular complexity index is 540. The van der Waals surface area contributed by atoms with E-state index >= 15 is 0 Å². The van der Waals surface area contributed by atoms with Crippen molar-refractivity contribution in [2.75, 3.05) is 26.2 Å². The molecule has 0 unspecified atom stereocenters. The maximum atomic E-state index is 13.5. The lowest BCUT2D eigenvalue weighted by Crippen LogP contribution is -2.46. The van der Waals surface area contributed by atoms with Crippen LogP contribution >= 0.6 is 12.4 Å². The van der Waals surface area contributed by atoms with Crippen LogP contribution in [0.4, 0.5) is 8.78 Å². The van der Waals surface area contributed by atoms with Crippen molar-refractivity contribution in [3.05, 3.63) is 29.8 Å². The number of benzene rings is 1. The number of amides is 1. The average Bonchev–Trinajstić information content (AvgIpc) is 2.58. The van der Waals surface area contributed by atoms with Gasteiger partial charge in [0.1, 0.15) is 5.82 Å². The van der Waals surface area contributed by atoms with Crippen LogP contribution in [0.1, 0.15) is 39.0 Å². The van der Waals surface area contributed by atoms with Crippen LogP contribution in [0.5, 0.6) is 5.75 Å². The summed E-state index contributed by atoms with van der Waals surface area (Å²) in [4.78, 5) is 14.5. The number of carbonyl (C=O) groups excluding carboxylic acids is 1. The van der Waals surface area contributed by atoms with Gasteiger partial charge in [-0.1, -0.05) is 6.92 Å². The summed E-state index contributed by atoms with van der Waals surface area (Å²) in [5, 5.41) is 3.31. The van der Waals surface area contributed by atoms with Gasteiger partial charge in [0.2, 0.25) is 5.91 Å². The standard InChI is InChI=1S/C18H26F2N2O2.ClH/c1-2-11-22(15-7-9-21-10-8-15)18(23)4-3-12-24-17-6-5-14(19)13-16(17)20;/h5-6,13,15,21H,2-4,7-12H2,1H3;1H. The van der Waals surface area contributed by atoms with Crippen LogP contribution < -0.4 is 10.1 Å². The SMILES string of the molecule is CCCN(C(=O)CCCOc1ccc(F)cc1F)C1CCNCC1.Cl. The zero-order chi connectivity index (χ0) is 17.4. The summed E-state index contributed by atoms with van der Waals surface area (Å²) >= 11 is 0. The molecule has 1 saturated heterocycles. The van der Waals surface area contributed by atoms with E-state index in [9.17, 15) is 13.6 Å². The molecule has 1 aliphatic rings. The molecule has 0 saturated carbocycles. The Morgan fingerprint density at radius 1 is 1.32 bits per heavy atom. The van der Waals surface area contributed by atoms with Crippen LogP contribution in [0.3, 0.4) is 0 Å². The summed E-state index contributed by atoms with van der Waals surface area (Å²) in [6, 6.07) is 3.53. The lowest BCUT2D eigenvalue weighted by atomic mass is 10.0. The van der Waals surface area contributed by atoms with Crippen molar-refractivity contribution in [1.82, 2.24) is 10.2 Å². The van der Waals surface area contributed by atoms with Crippen LogP contribution in [0.25, 0.3) is 0 Å². The highest BCUT2D eigenvalue weighted by molar-refractivity contribution is 5.85. The smallest absolute Gasteiger partial charge is 0.222 e. The molecule has 2 rings (SSSR count). The first-order valence-electron chi connectivity index (χ1n) is 8.70. The fourth-order valence-corrected chi connectivity index (χ4v) is 3.01. The molecule has 1 aromatic rings. The Balaban J connectivity index is 0.00000312. The van der Waals surface area contributed by atoms with Gasteiger partial charge in [-0.25, -0.2) is 8.78 Å². The van der Waals surface area contributed by atoms with Crippen LogP contribution in [-0.2, 0) is 4.79 Å².